The monoisotopic (exact) mass is 419 g/mol. The number of nitrogens with zero attached hydrogens (tertiary/aromatic N) is 3. The summed E-state index contributed by atoms with van der Waals surface area (Å²) >= 11 is 0. The van der Waals surface area contributed by atoms with Gasteiger partial charge < -0.3 is 15.0 Å². The number of carbonyl (C=O) groups excluding carboxylic acids is 2. The highest BCUT2D eigenvalue weighted by molar-refractivity contribution is 5.94. The van der Waals surface area contributed by atoms with Gasteiger partial charge >= 0.3 is 0 Å². The van der Waals surface area contributed by atoms with Gasteiger partial charge in [0.05, 0.1) is 18.7 Å². The molecular formula is C23H25N5O3. The van der Waals surface area contributed by atoms with E-state index >= 15 is 0 Å². The number of H-pyrrole nitrogens is 1. The van der Waals surface area contributed by atoms with Crippen molar-refractivity contribution >= 4 is 11.8 Å². The van der Waals surface area contributed by atoms with Crippen molar-refractivity contribution in [1.82, 2.24) is 25.4 Å². The van der Waals surface area contributed by atoms with Crippen LogP contribution < -0.4 is 10.1 Å². The Hall–Kier alpha value is -3.68. The van der Waals surface area contributed by atoms with Gasteiger partial charge in [0.2, 0.25) is 5.91 Å². The largest absolute Gasteiger partial charge is 0.497 e. The standard InChI is InChI=1S/C23H25N5O3/c1-31-19-6-4-16(5-7-19)14-25-22(29)18-3-2-12-28(15-18)23(30)21-13-20(26-27-21)17-8-10-24-11-9-17/h4-11,13,18H,2-3,12,14-15H2,1H3,(H,25,29)(H,26,27)/t18-/m1/s1. The van der Waals surface area contributed by atoms with Crippen LogP contribution in [0.3, 0.4) is 0 Å². The zero-order valence-electron chi connectivity index (χ0n) is 17.4. The van der Waals surface area contributed by atoms with Crippen molar-refractivity contribution in [1.29, 1.82) is 0 Å². The van der Waals surface area contributed by atoms with Crippen LogP contribution in [0.25, 0.3) is 11.3 Å². The topological polar surface area (TPSA) is 100 Å². The summed E-state index contributed by atoms with van der Waals surface area (Å²) < 4.78 is 5.15. The Labute approximate surface area is 180 Å². The van der Waals surface area contributed by atoms with Crippen molar-refractivity contribution in [2.24, 2.45) is 5.92 Å². The average molecular weight is 419 g/mol. The number of hydrogen-bond donors (Lipinski definition) is 2. The van der Waals surface area contributed by atoms with Crippen molar-refractivity contribution in [2.45, 2.75) is 19.4 Å². The molecule has 1 saturated heterocycles. The summed E-state index contributed by atoms with van der Waals surface area (Å²) in [5, 5.41) is 10.1. The van der Waals surface area contributed by atoms with Crippen LogP contribution in [0.2, 0.25) is 0 Å². The molecule has 0 saturated carbocycles. The summed E-state index contributed by atoms with van der Waals surface area (Å²) in [6.07, 6.45) is 4.93. The smallest absolute Gasteiger partial charge is 0.271 e. The lowest BCUT2D eigenvalue weighted by molar-refractivity contribution is -0.126. The molecule has 2 aromatic heterocycles. The molecule has 1 aliphatic heterocycles. The van der Waals surface area contributed by atoms with E-state index in [0.29, 0.717) is 31.0 Å². The third-order valence-electron chi connectivity index (χ3n) is 5.49. The SMILES string of the molecule is COc1ccc(CNC(=O)[C@@H]2CCCN(C(=O)c3cc(-c4ccncc4)n[nH]3)C2)cc1. The summed E-state index contributed by atoms with van der Waals surface area (Å²) in [4.78, 5) is 31.4. The average Bonchev–Trinajstić information content (AvgIpc) is 3.33. The molecule has 0 spiro atoms. The number of hydrogen-bond acceptors (Lipinski definition) is 5. The van der Waals surface area contributed by atoms with E-state index in [1.807, 2.05) is 36.4 Å². The molecule has 3 heterocycles. The highest BCUT2D eigenvalue weighted by Gasteiger charge is 2.29. The number of benzene rings is 1. The zero-order chi connectivity index (χ0) is 21.6. The molecule has 1 aliphatic rings. The molecule has 2 N–H and O–H groups in total. The predicted molar refractivity (Wildman–Crippen MR) is 115 cm³/mol. The van der Waals surface area contributed by atoms with E-state index in [4.69, 9.17) is 4.74 Å². The first kappa shape index (κ1) is 20.6. The summed E-state index contributed by atoms with van der Waals surface area (Å²) in [7, 11) is 1.62. The molecule has 1 atom stereocenters. The fourth-order valence-electron chi connectivity index (χ4n) is 3.72. The van der Waals surface area contributed by atoms with Gasteiger partial charge in [0, 0.05) is 37.6 Å². The van der Waals surface area contributed by atoms with E-state index in [1.165, 1.54) is 0 Å². The van der Waals surface area contributed by atoms with Crippen LogP contribution in [0.4, 0.5) is 0 Å². The summed E-state index contributed by atoms with van der Waals surface area (Å²) in [5.74, 6) is 0.386. The van der Waals surface area contributed by atoms with Crippen molar-refractivity contribution in [3.63, 3.8) is 0 Å². The molecule has 1 aromatic carbocycles. The molecule has 4 rings (SSSR count). The lowest BCUT2D eigenvalue weighted by Crippen LogP contribution is -2.45. The van der Waals surface area contributed by atoms with Crippen LogP contribution in [0.5, 0.6) is 5.75 Å². The maximum Gasteiger partial charge on any atom is 0.271 e. The Kier molecular flexibility index (Phi) is 6.26. The number of carbonyl (C=O) groups is 2. The third kappa shape index (κ3) is 4.91. The molecule has 0 bridgehead atoms. The van der Waals surface area contributed by atoms with Crippen molar-refractivity contribution in [3.8, 4) is 17.0 Å². The first-order valence-electron chi connectivity index (χ1n) is 10.3. The normalized spacial score (nSPS) is 16.0. The summed E-state index contributed by atoms with van der Waals surface area (Å²) in [5.41, 5.74) is 3.00. The van der Waals surface area contributed by atoms with E-state index < -0.39 is 0 Å². The lowest BCUT2D eigenvalue weighted by atomic mass is 9.96. The Morgan fingerprint density at radius 1 is 1.19 bits per heavy atom. The van der Waals surface area contributed by atoms with Crippen LogP contribution >= 0.6 is 0 Å². The number of likely N-dealkylation sites (tertiary alicyclic amines) is 1. The highest BCUT2D eigenvalue weighted by Crippen LogP contribution is 2.21. The van der Waals surface area contributed by atoms with Gasteiger partial charge in [-0.05, 0) is 48.7 Å². The number of methoxy groups -OCH3 is 1. The fraction of sp³-hybridized carbons (Fsp3) is 0.304. The van der Waals surface area contributed by atoms with Crippen molar-refractivity contribution < 1.29 is 14.3 Å². The van der Waals surface area contributed by atoms with Crippen LogP contribution in [0.1, 0.15) is 28.9 Å². The van der Waals surface area contributed by atoms with Gasteiger partial charge in [-0.3, -0.25) is 19.7 Å². The van der Waals surface area contributed by atoms with Gasteiger partial charge in [0.25, 0.3) is 5.91 Å². The molecular weight excluding hydrogens is 394 g/mol. The minimum Gasteiger partial charge on any atom is -0.497 e. The lowest BCUT2D eigenvalue weighted by Gasteiger charge is -2.31. The maximum absolute atomic E-state index is 13.0. The first-order valence-corrected chi connectivity index (χ1v) is 10.3. The quantitative estimate of drug-likeness (QED) is 0.640. The Balaban J connectivity index is 1.34. The van der Waals surface area contributed by atoms with Gasteiger partial charge in [0.1, 0.15) is 11.4 Å². The minimum atomic E-state index is -0.224. The number of amides is 2. The third-order valence-corrected chi connectivity index (χ3v) is 5.49. The van der Waals surface area contributed by atoms with Gasteiger partial charge in [-0.2, -0.15) is 5.10 Å². The van der Waals surface area contributed by atoms with E-state index in [2.05, 4.69) is 20.5 Å². The number of piperidine rings is 1. The molecule has 1 fully saturated rings. The number of rotatable bonds is 6. The minimum absolute atomic E-state index is 0.0320. The molecule has 0 aliphatic carbocycles. The molecule has 31 heavy (non-hydrogen) atoms. The number of nitrogens with one attached hydrogen (secondary N) is 2. The van der Waals surface area contributed by atoms with Crippen LogP contribution in [0.15, 0.2) is 54.9 Å². The Bertz CT molecular complexity index is 1030. The Morgan fingerprint density at radius 3 is 2.71 bits per heavy atom. The van der Waals surface area contributed by atoms with E-state index in [9.17, 15) is 9.59 Å². The number of aromatic amines is 1. The van der Waals surface area contributed by atoms with E-state index in [0.717, 1.165) is 29.7 Å². The molecule has 0 radical (unpaired) electrons. The summed E-state index contributed by atoms with van der Waals surface area (Å²) in [6.45, 7) is 1.48. The number of ether oxygens (including phenoxy) is 1. The van der Waals surface area contributed by atoms with E-state index in [-0.39, 0.29) is 17.7 Å². The van der Waals surface area contributed by atoms with Crippen LogP contribution in [0, 0.1) is 5.92 Å². The van der Waals surface area contributed by atoms with Crippen molar-refractivity contribution in [3.05, 3.63) is 66.1 Å². The van der Waals surface area contributed by atoms with E-state index in [1.54, 1.807) is 30.5 Å². The molecule has 160 valence electrons. The zero-order valence-corrected chi connectivity index (χ0v) is 17.4. The predicted octanol–water partition coefficient (Wildman–Crippen LogP) is 2.65. The van der Waals surface area contributed by atoms with Gasteiger partial charge in [-0.1, -0.05) is 12.1 Å². The fourth-order valence-corrected chi connectivity index (χ4v) is 3.72. The highest BCUT2D eigenvalue weighted by atomic mass is 16.5. The van der Waals surface area contributed by atoms with Gasteiger partial charge in [0.15, 0.2) is 0 Å². The molecule has 0 unspecified atom stereocenters. The molecule has 8 nitrogen and oxygen atoms in total. The Morgan fingerprint density at radius 2 is 1.97 bits per heavy atom. The van der Waals surface area contributed by atoms with Gasteiger partial charge in [-0.15, -0.1) is 0 Å². The summed E-state index contributed by atoms with van der Waals surface area (Å²) in [6, 6.07) is 13.0. The van der Waals surface area contributed by atoms with Crippen molar-refractivity contribution in [2.75, 3.05) is 20.2 Å². The number of aromatic nitrogens is 3. The second kappa shape index (κ2) is 9.42. The van der Waals surface area contributed by atoms with Crippen LogP contribution in [-0.2, 0) is 11.3 Å². The molecule has 3 aromatic rings. The first-order chi connectivity index (χ1) is 15.1. The second-order valence-electron chi connectivity index (χ2n) is 7.56. The maximum atomic E-state index is 13.0. The molecule has 2 amide bonds. The number of pyridine rings is 1. The second-order valence-corrected chi connectivity index (χ2v) is 7.56. The van der Waals surface area contributed by atoms with Crippen LogP contribution in [-0.4, -0.2) is 52.1 Å². The molecule has 8 heteroatoms. The van der Waals surface area contributed by atoms with Gasteiger partial charge in [-0.25, -0.2) is 0 Å².